The molecule has 78 valence electrons. The van der Waals surface area contributed by atoms with Gasteiger partial charge in [0, 0.05) is 6.92 Å². The third kappa shape index (κ3) is 2.30. The third-order valence-corrected chi connectivity index (χ3v) is 4.50. The number of sulfonamides is 1. The summed E-state index contributed by atoms with van der Waals surface area (Å²) in [5.41, 5.74) is 0.418. The molecule has 5 nitrogen and oxygen atoms in total. The molecule has 0 fully saturated rings. The Balaban J connectivity index is 3.16. The Morgan fingerprint density at radius 1 is 1.43 bits per heavy atom. The number of rotatable bonds is 2. The second-order valence-corrected chi connectivity index (χ2v) is 5.85. The average molecular weight is 234 g/mol. The Labute approximate surface area is 86.2 Å². The number of hydrogen-bond acceptors (Lipinski definition) is 5. The Morgan fingerprint density at radius 3 is 2.36 bits per heavy atom. The largest absolute Gasteiger partial charge is 0.275 e. The predicted molar refractivity (Wildman–Crippen MR) is 52.6 cm³/mol. The molecular weight excluding hydrogens is 224 g/mol. The highest BCUT2D eigenvalue weighted by Gasteiger charge is 2.21. The summed E-state index contributed by atoms with van der Waals surface area (Å²) in [5, 5.41) is 0.659. The van der Waals surface area contributed by atoms with Crippen LogP contribution in [0, 0.1) is 13.8 Å². The van der Waals surface area contributed by atoms with Crippen molar-refractivity contribution in [3.63, 3.8) is 0 Å². The third-order valence-electron chi connectivity index (χ3n) is 1.38. The number of carbonyl (C=O) groups is 1. The van der Waals surface area contributed by atoms with Crippen LogP contribution < -0.4 is 4.72 Å². The van der Waals surface area contributed by atoms with Gasteiger partial charge in [-0.3, -0.25) is 4.79 Å². The van der Waals surface area contributed by atoms with Gasteiger partial charge < -0.3 is 0 Å². The zero-order chi connectivity index (χ0) is 10.9. The summed E-state index contributed by atoms with van der Waals surface area (Å²) in [5.74, 6) is -0.601. The lowest BCUT2D eigenvalue weighted by Crippen LogP contribution is -2.27. The maximum Gasteiger partial charge on any atom is 0.275 e. The van der Waals surface area contributed by atoms with Crippen LogP contribution in [0.2, 0.25) is 0 Å². The van der Waals surface area contributed by atoms with Gasteiger partial charge in [-0.2, -0.15) is 0 Å². The minimum Gasteiger partial charge on any atom is -0.274 e. The van der Waals surface area contributed by atoms with Gasteiger partial charge in [0.25, 0.3) is 10.0 Å². The number of nitrogens with one attached hydrogen (secondary N) is 1. The van der Waals surface area contributed by atoms with Crippen LogP contribution in [0.5, 0.6) is 0 Å². The number of carbonyl (C=O) groups excluding carboxylic acids is 1. The number of nitrogens with zero attached hydrogens (tertiary/aromatic N) is 1. The van der Waals surface area contributed by atoms with E-state index in [1.54, 1.807) is 13.8 Å². The number of aromatic nitrogens is 1. The van der Waals surface area contributed by atoms with E-state index in [2.05, 4.69) is 4.98 Å². The average Bonchev–Trinajstić information content (AvgIpc) is 2.27. The lowest BCUT2D eigenvalue weighted by atomic mass is 10.6. The van der Waals surface area contributed by atoms with Gasteiger partial charge >= 0.3 is 0 Å². The van der Waals surface area contributed by atoms with E-state index in [4.69, 9.17) is 0 Å². The highest BCUT2D eigenvalue weighted by Crippen LogP contribution is 2.22. The van der Waals surface area contributed by atoms with Gasteiger partial charge in [-0.25, -0.2) is 18.1 Å². The monoisotopic (exact) mass is 234 g/mol. The van der Waals surface area contributed by atoms with E-state index in [1.165, 1.54) is 0 Å². The molecule has 0 bridgehead atoms. The Bertz CT molecular complexity index is 461. The van der Waals surface area contributed by atoms with E-state index < -0.39 is 15.9 Å². The van der Waals surface area contributed by atoms with Crippen LogP contribution in [-0.4, -0.2) is 19.3 Å². The molecule has 0 unspecified atom stereocenters. The first kappa shape index (κ1) is 11.1. The molecule has 0 aliphatic rings. The minimum atomic E-state index is -3.71. The number of thiazole rings is 1. The van der Waals surface area contributed by atoms with Crippen molar-refractivity contribution in [2.75, 3.05) is 0 Å². The SMILES string of the molecule is CC(=O)NS(=O)(=O)c1sc(C)nc1C. The van der Waals surface area contributed by atoms with E-state index in [0.29, 0.717) is 10.7 Å². The lowest BCUT2D eigenvalue weighted by molar-refractivity contribution is -0.117. The first-order valence-electron chi connectivity index (χ1n) is 3.80. The minimum absolute atomic E-state index is 0.102. The molecule has 0 atom stereocenters. The van der Waals surface area contributed by atoms with Crippen molar-refractivity contribution in [1.29, 1.82) is 0 Å². The molecular formula is C7H10N2O3S2. The summed E-state index contributed by atoms with van der Waals surface area (Å²) in [6.07, 6.45) is 0. The Morgan fingerprint density at radius 2 is 2.00 bits per heavy atom. The molecule has 0 aliphatic heterocycles. The molecule has 7 heteroatoms. The van der Waals surface area contributed by atoms with Crippen LogP contribution in [0.25, 0.3) is 0 Å². The van der Waals surface area contributed by atoms with Crippen LogP contribution in [0.15, 0.2) is 4.21 Å². The van der Waals surface area contributed by atoms with E-state index in [1.807, 2.05) is 4.72 Å². The quantitative estimate of drug-likeness (QED) is 0.812. The highest BCUT2D eigenvalue weighted by molar-refractivity contribution is 7.92. The summed E-state index contributed by atoms with van der Waals surface area (Å²) in [6.45, 7) is 4.46. The first-order valence-corrected chi connectivity index (χ1v) is 6.10. The fourth-order valence-corrected chi connectivity index (χ4v) is 3.47. The zero-order valence-electron chi connectivity index (χ0n) is 7.99. The number of hydrogen-bond donors (Lipinski definition) is 1. The number of aryl methyl sites for hydroxylation is 2. The molecule has 1 heterocycles. The van der Waals surface area contributed by atoms with Gasteiger partial charge in [0.1, 0.15) is 0 Å². The summed E-state index contributed by atoms with van der Waals surface area (Å²) in [6, 6.07) is 0. The van der Waals surface area contributed by atoms with Gasteiger partial charge in [0.2, 0.25) is 5.91 Å². The predicted octanol–water partition coefficient (Wildman–Crippen LogP) is 0.585. The molecule has 0 radical (unpaired) electrons. The topological polar surface area (TPSA) is 76.1 Å². The van der Waals surface area contributed by atoms with Crippen molar-refractivity contribution in [2.24, 2.45) is 0 Å². The molecule has 1 amide bonds. The Hall–Kier alpha value is -0.950. The van der Waals surface area contributed by atoms with Gasteiger partial charge in [-0.15, -0.1) is 11.3 Å². The van der Waals surface area contributed by atoms with Gasteiger partial charge in [-0.05, 0) is 13.8 Å². The Kier molecular flexibility index (Phi) is 2.91. The van der Waals surface area contributed by atoms with E-state index in [0.717, 1.165) is 18.3 Å². The molecule has 0 saturated heterocycles. The molecule has 1 aromatic rings. The van der Waals surface area contributed by atoms with Crippen molar-refractivity contribution in [3.05, 3.63) is 10.7 Å². The maximum absolute atomic E-state index is 11.5. The van der Waals surface area contributed by atoms with Crippen molar-refractivity contribution in [1.82, 2.24) is 9.71 Å². The van der Waals surface area contributed by atoms with E-state index in [9.17, 15) is 13.2 Å². The summed E-state index contributed by atoms with van der Waals surface area (Å²) in [7, 11) is -3.71. The van der Waals surface area contributed by atoms with Crippen LogP contribution in [-0.2, 0) is 14.8 Å². The highest BCUT2D eigenvalue weighted by atomic mass is 32.2. The normalized spacial score (nSPS) is 11.4. The molecule has 1 aromatic heterocycles. The van der Waals surface area contributed by atoms with Crippen molar-refractivity contribution in [2.45, 2.75) is 25.0 Å². The van der Waals surface area contributed by atoms with E-state index in [-0.39, 0.29) is 4.21 Å². The van der Waals surface area contributed by atoms with Crippen molar-refractivity contribution >= 4 is 27.3 Å². The molecule has 0 aliphatic carbocycles. The second-order valence-electron chi connectivity index (χ2n) is 2.77. The standard InChI is InChI=1S/C7H10N2O3S2/c1-4-7(13-6(3)8-4)14(11,12)9-5(2)10/h1-3H3,(H,9,10). The lowest BCUT2D eigenvalue weighted by Gasteiger charge is -2.01. The maximum atomic E-state index is 11.5. The fourth-order valence-electron chi connectivity index (χ4n) is 0.998. The van der Waals surface area contributed by atoms with Gasteiger partial charge in [0.15, 0.2) is 4.21 Å². The summed E-state index contributed by atoms with van der Waals surface area (Å²) in [4.78, 5) is 14.6. The molecule has 0 spiro atoms. The second kappa shape index (κ2) is 3.66. The smallest absolute Gasteiger partial charge is 0.274 e. The number of amides is 1. The van der Waals surface area contributed by atoms with Crippen LogP contribution in [0.3, 0.4) is 0 Å². The first-order chi connectivity index (χ1) is 6.33. The van der Waals surface area contributed by atoms with Crippen LogP contribution in [0.1, 0.15) is 17.6 Å². The van der Waals surface area contributed by atoms with Crippen LogP contribution >= 0.6 is 11.3 Å². The molecule has 0 aromatic carbocycles. The summed E-state index contributed by atoms with van der Waals surface area (Å²) >= 11 is 1.05. The van der Waals surface area contributed by atoms with Gasteiger partial charge in [-0.1, -0.05) is 0 Å². The van der Waals surface area contributed by atoms with E-state index >= 15 is 0 Å². The molecule has 1 N–H and O–H groups in total. The molecule has 1 rings (SSSR count). The zero-order valence-corrected chi connectivity index (χ0v) is 9.62. The fraction of sp³-hybridized carbons (Fsp3) is 0.429. The van der Waals surface area contributed by atoms with Gasteiger partial charge in [0.05, 0.1) is 10.7 Å². The molecule has 0 saturated carbocycles. The summed E-state index contributed by atoms with van der Waals surface area (Å²) < 4.78 is 25.0. The van der Waals surface area contributed by atoms with Crippen molar-refractivity contribution < 1.29 is 13.2 Å². The molecule has 14 heavy (non-hydrogen) atoms. The van der Waals surface area contributed by atoms with Crippen molar-refractivity contribution in [3.8, 4) is 0 Å². The van der Waals surface area contributed by atoms with Crippen LogP contribution in [0.4, 0.5) is 0 Å².